The fourth-order valence-corrected chi connectivity index (χ4v) is 11.3. The van der Waals surface area contributed by atoms with Crippen LogP contribution in [0.5, 0.6) is 0 Å². The summed E-state index contributed by atoms with van der Waals surface area (Å²) in [6, 6.07) is 75.5. The minimum atomic E-state index is 1.14. The largest absolute Gasteiger partial charge is 0.310 e. The molecule has 0 atom stereocenters. The molecule has 12 aromatic rings. The highest BCUT2D eigenvalue weighted by molar-refractivity contribution is 7.26. The SMILES string of the molecule is c1ccc(N(c2ccc3c(c2)sc2ccc4c(ccc5sc6cc(N(c7ccccc7)c7cccc8ccccc78)ccc6c54)c23)c2cccc3ccccc23)cc1. The van der Waals surface area contributed by atoms with E-state index in [1.807, 2.05) is 22.7 Å². The lowest BCUT2D eigenvalue weighted by Crippen LogP contribution is -2.10. The first-order chi connectivity index (χ1) is 28.8. The molecule has 0 aliphatic carbocycles. The van der Waals surface area contributed by atoms with Crippen LogP contribution in [0.4, 0.5) is 34.1 Å². The van der Waals surface area contributed by atoms with Crippen molar-refractivity contribution in [1.29, 1.82) is 0 Å². The maximum absolute atomic E-state index is 2.40. The Balaban J connectivity index is 1.01. The van der Waals surface area contributed by atoms with Gasteiger partial charge in [-0.1, -0.05) is 133 Å². The van der Waals surface area contributed by atoms with Gasteiger partial charge in [0, 0.05) is 73.9 Å². The van der Waals surface area contributed by atoms with Crippen molar-refractivity contribution in [2.24, 2.45) is 0 Å². The van der Waals surface area contributed by atoms with E-state index in [2.05, 4.69) is 216 Å². The van der Waals surface area contributed by atoms with Crippen LogP contribution in [0.25, 0.3) is 72.7 Å². The summed E-state index contributed by atoms with van der Waals surface area (Å²) < 4.78 is 5.20. The van der Waals surface area contributed by atoms with Gasteiger partial charge in [-0.3, -0.25) is 0 Å². The van der Waals surface area contributed by atoms with Crippen LogP contribution >= 0.6 is 22.7 Å². The fraction of sp³-hybridized carbons (Fsp3) is 0. The Morgan fingerprint density at radius 3 is 1.12 bits per heavy atom. The van der Waals surface area contributed by atoms with Gasteiger partial charge in [-0.2, -0.15) is 0 Å². The third-order valence-electron chi connectivity index (χ3n) is 11.6. The molecule has 272 valence electrons. The molecule has 2 nitrogen and oxygen atoms in total. The molecular weight excluding hydrogens is 741 g/mol. The average molecular weight is 775 g/mol. The molecule has 0 aliphatic rings. The van der Waals surface area contributed by atoms with Crippen LogP contribution in [0, 0.1) is 0 Å². The molecule has 58 heavy (non-hydrogen) atoms. The van der Waals surface area contributed by atoms with E-state index in [1.165, 1.54) is 84.0 Å². The minimum Gasteiger partial charge on any atom is -0.310 e. The third kappa shape index (κ3) is 5.23. The monoisotopic (exact) mass is 774 g/mol. The van der Waals surface area contributed by atoms with Gasteiger partial charge in [0.2, 0.25) is 0 Å². The number of fused-ring (bicyclic) bond motifs is 11. The Morgan fingerprint density at radius 1 is 0.259 bits per heavy atom. The lowest BCUT2D eigenvalue weighted by molar-refractivity contribution is 1.30. The number of hydrogen-bond acceptors (Lipinski definition) is 4. The number of hydrogen-bond donors (Lipinski definition) is 0. The van der Waals surface area contributed by atoms with Crippen molar-refractivity contribution in [2.45, 2.75) is 0 Å². The number of nitrogens with zero attached hydrogens (tertiary/aromatic N) is 2. The molecule has 10 aromatic carbocycles. The molecule has 4 heteroatoms. The van der Waals surface area contributed by atoms with Crippen LogP contribution < -0.4 is 9.80 Å². The van der Waals surface area contributed by atoms with Crippen LogP contribution in [0.1, 0.15) is 0 Å². The third-order valence-corrected chi connectivity index (χ3v) is 13.8. The zero-order valence-corrected chi connectivity index (χ0v) is 33.0. The molecule has 0 spiro atoms. The smallest absolute Gasteiger partial charge is 0.0540 e. The highest BCUT2D eigenvalue weighted by Crippen LogP contribution is 2.48. The Morgan fingerprint density at radius 2 is 0.655 bits per heavy atom. The first-order valence-corrected chi connectivity index (χ1v) is 21.3. The van der Waals surface area contributed by atoms with Crippen LogP contribution in [0.15, 0.2) is 206 Å². The second-order valence-corrected chi connectivity index (χ2v) is 17.0. The minimum absolute atomic E-state index is 1.14. The summed E-state index contributed by atoms with van der Waals surface area (Å²) in [7, 11) is 0. The highest BCUT2D eigenvalue weighted by atomic mass is 32.1. The Hall–Kier alpha value is -6.98. The summed E-state index contributed by atoms with van der Waals surface area (Å²) in [5.41, 5.74) is 6.94. The van der Waals surface area contributed by atoms with Gasteiger partial charge in [0.15, 0.2) is 0 Å². The van der Waals surface area contributed by atoms with E-state index in [-0.39, 0.29) is 0 Å². The summed E-state index contributed by atoms with van der Waals surface area (Å²) in [6.07, 6.45) is 0. The van der Waals surface area contributed by atoms with Gasteiger partial charge in [-0.05, 0) is 94.3 Å². The summed E-state index contributed by atoms with van der Waals surface area (Å²) >= 11 is 3.77. The zero-order valence-electron chi connectivity index (χ0n) is 31.3. The second-order valence-electron chi connectivity index (χ2n) is 14.9. The first-order valence-electron chi connectivity index (χ1n) is 19.7. The number of thiophene rings is 2. The molecule has 0 bridgehead atoms. The summed E-state index contributed by atoms with van der Waals surface area (Å²) in [4.78, 5) is 4.80. The van der Waals surface area contributed by atoms with E-state index >= 15 is 0 Å². The molecule has 0 aliphatic heterocycles. The standard InChI is InChI=1S/C54H34N2S2/c1-3-17-37(18-4-1)55(47-23-11-15-35-13-7-9-21-41(35)47)39-25-27-45-51(33-39)57-49-31-29-44-43(53(45)49)30-32-50-54(44)46-28-26-40(34-52(46)58-50)56(38-19-5-2-6-20-38)48-24-12-16-36-14-8-10-22-42(36)48/h1-34H. The molecule has 0 saturated carbocycles. The topological polar surface area (TPSA) is 6.48 Å². The molecular formula is C54H34N2S2. The van der Waals surface area contributed by atoms with Crippen molar-refractivity contribution in [3.63, 3.8) is 0 Å². The molecule has 0 amide bonds. The first kappa shape index (κ1) is 33.2. The lowest BCUT2D eigenvalue weighted by Gasteiger charge is -2.27. The molecule has 0 N–H and O–H groups in total. The van der Waals surface area contributed by atoms with E-state index in [9.17, 15) is 0 Å². The second kappa shape index (κ2) is 13.3. The van der Waals surface area contributed by atoms with E-state index in [0.717, 1.165) is 22.7 Å². The Kier molecular flexibility index (Phi) is 7.62. The molecule has 0 saturated heterocycles. The maximum atomic E-state index is 2.40. The lowest BCUT2D eigenvalue weighted by atomic mass is 9.99. The van der Waals surface area contributed by atoms with Crippen LogP contribution in [0.3, 0.4) is 0 Å². The quantitative estimate of drug-likeness (QED) is 0.166. The molecule has 12 rings (SSSR count). The summed E-state index contributed by atoms with van der Waals surface area (Å²) in [5, 5.41) is 12.8. The summed E-state index contributed by atoms with van der Waals surface area (Å²) in [6.45, 7) is 0. The number of benzene rings is 10. The van der Waals surface area contributed by atoms with Gasteiger partial charge in [-0.25, -0.2) is 0 Å². The summed E-state index contributed by atoms with van der Waals surface area (Å²) in [5.74, 6) is 0. The normalized spacial score (nSPS) is 11.8. The van der Waals surface area contributed by atoms with Gasteiger partial charge in [0.05, 0.1) is 11.4 Å². The van der Waals surface area contributed by atoms with Gasteiger partial charge < -0.3 is 9.80 Å². The van der Waals surface area contributed by atoms with Gasteiger partial charge in [0.1, 0.15) is 0 Å². The van der Waals surface area contributed by atoms with Gasteiger partial charge in [-0.15, -0.1) is 22.7 Å². The zero-order chi connectivity index (χ0) is 38.2. The van der Waals surface area contributed by atoms with E-state index in [0.29, 0.717) is 0 Å². The van der Waals surface area contributed by atoms with Crippen molar-refractivity contribution in [3.8, 4) is 0 Å². The fourth-order valence-electron chi connectivity index (χ4n) is 9.03. The number of para-hydroxylation sites is 2. The van der Waals surface area contributed by atoms with Crippen LogP contribution in [0.2, 0.25) is 0 Å². The van der Waals surface area contributed by atoms with E-state index < -0.39 is 0 Å². The maximum Gasteiger partial charge on any atom is 0.0540 e. The van der Waals surface area contributed by atoms with Gasteiger partial charge >= 0.3 is 0 Å². The van der Waals surface area contributed by atoms with Crippen molar-refractivity contribution in [3.05, 3.63) is 206 Å². The van der Waals surface area contributed by atoms with Crippen LogP contribution in [-0.4, -0.2) is 0 Å². The van der Waals surface area contributed by atoms with Crippen molar-refractivity contribution in [2.75, 3.05) is 9.80 Å². The van der Waals surface area contributed by atoms with Crippen molar-refractivity contribution < 1.29 is 0 Å². The van der Waals surface area contributed by atoms with E-state index in [4.69, 9.17) is 0 Å². The van der Waals surface area contributed by atoms with Crippen LogP contribution in [-0.2, 0) is 0 Å². The highest BCUT2D eigenvalue weighted by Gasteiger charge is 2.20. The molecule has 0 radical (unpaired) electrons. The van der Waals surface area contributed by atoms with Crippen molar-refractivity contribution >= 4 is 129 Å². The number of rotatable bonds is 6. The predicted octanol–water partition coefficient (Wildman–Crippen LogP) is 16.8. The van der Waals surface area contributed by atoms with Crippen molar-refractivity contribution in [1.82, 2.24) is 0 Å². The predicted molar refractivity (Wildman–Crippen MR) is 254 cm³/mol. The average Bonchev–Trinajstić information content (AvgIpc) is 3.86. The molecule has 2 heterocycles. The van der Waals surface area contributed by atoms with Gasteiger partial charge in [0.25, 0.3) is 0 Å². The molecule has 0 unspecified atom stereocenters. The molecule has 2 aromatic heterocycles. The Bertz CT molecular complexity index is 3280. The van der Waals surface area contributed by atoms with E-state index in [1.54, 1.807) is 0 Å². The Labute approximate surface area is 343 Å². The molecule has 0 fully saturated rings. The number of anilines is 6.